The van der Waals surface area contributed by atoms with Crippen LogP contribution in [0.4, 0.5) is 17.1 Å². The number of aromatic nitrogens is 4. The third-order valence-corrected chi connectivity index (χ3v) is 6.34. The third-order valence-electron chi connectivity index (χ3n) is 5.93. The molecule has 0 radical (unpaired) electrons. The first kappa shape index (κ1) is 27.7. The summed E-state index contributed by atoms with van der Waals surface area (Å²) in [6.45, 7) is 7.18. The maximum Gasteiger partial charge on any atom is 0.252 e. The summed E-state index contributed by atoms with van der Waals surface area (Å²) in [6, 6.07) is 10.8. The van der Waals surface area contributed by atoms with E-state index in [2.05, 4.69) is 32.3 Å². The lowest BCUT2D eigenvalue weighted by molar-refractivity contribution is -0.119. The van der Waals surface area contributed by atoms with Crippen LogP contribution in [0.5, 0.6) is 5.75 Å². The molecule has 0 aliphatic heterocycles. The number of pyridine rings is 1. The molecule has 0 unspecified atom stereocenters. The Morgan fingerprint density at radius 2 is 1.95 bits per heavy atom. The molecule has 0 fully saturated rings. The Morgan fingerprint density at radius 3 is 2.59 bits per heavy atom. The third kappa shape index (κ3) is 5.92. The molecule has 0 aliphatic rings. The molecule has 0 spiro atoms. The molecule has 2 aromatic carbocycles. The number of halogens is 2. The normalized spacial score (nSPS) is 11.9. The number of nitrogens with zero attached hydrogens (tertiary/aromatic N) is 6. The molecule has 2 aromatic heterocycles. The second-order valence-electron chi connectivity index (χ2n) is 8.31. The van der Waals surface area contributed by atoms with E-state index in [0.717, 1.165) is 0 Å². The van der Waals surface area contributed by atoms with Crippen LogP contribution in [0.3, 0.4) is 0 Å². The summed E-state index contributed by atoms with van der Waals surface area (Å²) in [5.41, 5.74) is 2.87. The summed E-state index contributed by atoms with van der Waals surface area (Å²) < 4.78 is 8.47. The average Bonchev–Trinajstić information content (AvgIpc) is 3.36. The zero-order valence-electron chi connectivity index (χ0n) is 21.4. The molecule has 1 amide bonds. The molecular weight excluding hydrogens is 541 g/mol. The number of rotatable bonds is 9. The lowest BCUT2D eigenvalue weighted by atomic mass is 10.0. The summed E-state index contributed by atoms with van der Waals surface area (Å²) in [5.74, 6) is -0.0210. The smallest absolute Gasteiger partial charge is 0.252 e. The molecular formula is C27H25Cl2N7O3. The lowest BCUT2D eigenvalue weighted by Gasteiger charge is -2.21. The fourth-order valence-corrected chi connectivity index (χ4v) is 4.44. The van der Waals surface area contributed by atoms with Crippen molar-refractivity contribution < 1.29 is 9.53 Å². The Bertz CT molecular complexity index is 1630. The highest BCUT2D eigenvalue weighted by Gasteiger charge is 2.23. The first-order valence-electron chi connectivity index (χ1n) is 11.9. The van der Waals surface area contributed by atoms with E-state index in [1.54, 1.807) is 49.5 Å². The van der Waals surface area contributed by atoms with Gasteiger partial charge in [0.2, 0.25) is 5.91 Å². The quantitative estimate of drug-likeness (QED) is 0.248. The van der Waals surface area contributed by atoms with Crippen molar-refractivity contribution in [3.8, 4) is 22.6 Å². The Morgan fingerprint density at radius 1 is 1.15 bits per heavy atom. The first-order chi connectivity index (χ1) is 18.8. The second-order valence-corrected chi connectivity index (χ2v) is 9.13. The lowest BCUT2D eigenvalue weighted by Crippen LogP contribution is -2.32. The van der Waals surface area contributed by atoms with E-state index in [1.807, 2.05) is 6.92 Å². The highest BCUT2D eigenvalue weighted by atomic mass is 35.5. The van der Waals surface area contributed by atoms with Gasteiger partial charge in [-0.3, -0.25) is 24.1 Å². The van der Waals surface area contributed by atoms with Crippen LogP contribution in [0.1, 0.15) is 26.3 Å². The van der Waals surface area contributed by atoms with E-state index in [9.17, 15) is 9.59 Å². The SMILES string of the molecule is C=Nc1cc(NC(=O)[C@H](CC)n2cc(OC)c(-c3cc(Cl)ccc3-n3cc(Cl)nn3)cc2=O)ccc1N=CC. The van der Waals surface area contributed by atoms with Crippen LogP contribution in [0.15, 0.2) is 69.6 Å². The molecule has 10 nitrogen and oxygen atoms in total. The molecule has 1 N–H and O–H groups in total. The van der Waals surface area contributed by atoms with Gasteiger partial charge < -0.3 is 10.1 Å². The molecule has 39 heavy (non-hydrogen) atoms. The minimum absolute atomic E-state index is 0.207. The molecule has 200 valence electrons. The number of carbonyl (C=O) groups excluding carboxylic acids is 1. The van der Waals surface area contributed by atoms with Crippen LogP contribution >= 0.6 is 23.2 Å². The van der Waals surface area contributed by atoms with Crippen LogP contribution in [0.2, 0.25) is 10.2 Å². The minimum Gasteiger partial charge on any atom is -0.495 e. The van der Waals surface area contributed by atoms with Gasteiger partial charge in [0, 0.05) is 34.1 Å². The van der Waals surface area contributed by atoms with Gasteiger partial charge in [-0.15, -0.1) is 5.10 Å². The molecule has 1 atom stereocenters. The summed E-state index contributed by atoms with van der Waals surface area (Å²) in [4.78, 5) is 34.9. The van der Waals surface area contributed by atoms with E-state index in [4.69, 9.17) is 27.9 Å². The van der Waals surface area contributed by atoms with Crippen molar-refractivity contribution in [2.24, 2.45) is 9.98 Å². The molecule has 0 aliphatic carbocycles. The van der Waals surface area contributed by atoms with Crippen molar-refractivity contribution in [1.82, 2.24) is 19.6 Å². The van der Waals surface area contributed by atoms with Crippen LogP contribution in [0.25, 0.3) is 16.8 Å². The fraction of sp³-hybridized carbons (Fsp3) is 0.185. The van der Waals surface area contributed by atoms with E-state index in [-0.39, 0.29) is 11.1 Å². The topological polar surface area (TPSA) is 116 Å². The highest BCUT2D eigenvalue weighted by molar-refractivity contribution is 6.31. The molecule has 12 heteroatoms. The van der Waals surface area contributed by atoms with Gasteiger partial charge in [-0.25, -0.2) is 4.68 Å². The molecule has 0 bridgehead atoms. The molecule has 4 aromatic rings. The Labute approximate surface area is 234 Å². The van der Waals surface area contributed by atoms with Crippen LogP contribution < -0.4 is 15.6 Å². The largest absolute Gasteiger partial charge is 0.495 e. The fourth-order valence-electron chi connectivity index (χ4n) is 4.14. The Hall–Kier alpha value is -4.28. The van der Waals surface area contributed by atoms with Crippen molar-refractivity contribution in [1.29, 1.82) is 0 Å². The highest BCUT2D eigenvalue weighted by Crippen LogP contribution is 2.36. The van der Waals surface area contributed by atoms with Crippen LogP contribution in [-0.2, 0) is 4.79 Å². The van der Waals surface area contributed by atoms with Gasteiger partial charge in [0.1, 0.15) is 11.8 Å². The summed E-state index contributed by atoms with van der Waals surface area (Å²) in [7, 11) is 1.48. The number of aliphatic imine (C=N–C) groups is 2. The number of carbonyl (C=O) groups is 1. The van der Waals surface area contributed by atoms with E-state index in [1.165, 1.54) is 34.8 Å². The molecule has 0 saturated carbocycles. The summed E-state index contributed by atoms with van der Waals surface area (Å²) >= 11 is 12.3. The summed E-state index contributed by atoms with van der Waals surface area (Å²) in [5, 5.41) is 11.4. The van der Waals surface area contributed by atoms with Crippen molar-refractivity contribution in [3.05, 3.63) is 75.4 Å². The van der Waals surface area contributed by atoms with Gasteiger partial charge in [-0.1, -0.05) is 35.3 Å². The number of hydrogen-bond donors (Lipinski definition) is 1. The van der Waals surface area contributed by atoms with Gasteiger partial charge in [-0.2, -0.15) is 0 Å². The van der Waals surface area contributed by atoms with Gasteiger partial charge in [-0.05, 0) is 56.5 Å². The van der Waals surface area contributed by atoms with Crippen molar-refractivity contribution in [2.75, 3.05) is 12.4 Å². The van der Waals surface area contributed by atoms with Crippen molar-refractivity contribution in [3.63, 3.8) is 0 Å². The zero-order valence-corrected chi connectivity index (χ0v) is 22.9. The number of methoxy groups -OCH3 is 1. The number of benzene rings is 2. The maximum atomic E-state index is 13.4. The second kappa shape index (κ2) is 12.1. The van der Waals surface area contributed by atoms with Crippen molar-refractivity contribution >= 4 is 59.1 Å². The predicted octanol–water partition coefficient (Wildman–Crippen LogP) is 6.06. The Balaban J connectivity index is 1.73. The average molecular weight is 566 g/mol. The van der Waals surface area contributed by atoms with E-state index in [0.29, 0.717) is 51.1 Å². The maximum absolute atomic E-state index is 13.4. The number of ether oxygens (including phenoxy) is 1. The molecule has 0 saturated heterocycles. The number of hydrogen-bond acceptors (Lipinski definition) is 7. The molecule has 2 heterocycles. The van der Waals surface area contributed by atoms with Gasteiger partial charge in [0.15, 0.2) is 5.15 Å². The Kier molecular flexibility index (Phi) is 8.58. The standard InChI is InChI=1S/C27H25Cl2N7O3/c1-5-22(27(38)32-17-8-9-20(31-6-2)21(12-17)30-3)35-14-24(39-4)19(13-26(35)37)18-11-16(28)7-10-23(18)36-15-25(29)33-34-36/h6-15,22H,3,5H2,1-2,4H3,(H,32,38)/t22-/m0/s1. The van der Waals surface area contributed by atoms with Gasteiger partial charge >= 0.3 is 0 Å². The van der Waals surface area contributed by atoms with Crippen molar-refractivity contribution in [2.45, 2.75) is 26.3 Å². The van der Waals surface area contributed by atoms with Gasteiger partial charge in [0.05, 0.1) is 36.6 Å². The number of nitrogens with one attached hydrogen (secondary N) is 1. The minimum atomic E-state index is -0.818. The molecule has 4 rings (SSSR count). The number of amides is 1. The zero-order chi connectivity index (χ0) is 28.1. The van der Waals surface area contributed by atoms with Crippen LogP contribution in [-0.4, -0.2) is 45.5 Å². The number of anilines is 1. The van der Waals surface area contributed by atoms with E-state index >= 15 is 0 Å². The monoisotopic (exact) mass is 565 g/mol. The summed E-state index contributed by atoms with van der Waals surface area (Å²) in [6.07, 6.45) is 5.04. The van der Waals surface area contributed by atoms with Gasteiger partial charge in [0.25, 0.3) is 5.56 Å². The first-order valence-corrected chi connectivity index (χ1v) is 12.6. The predicted molar refractivity (Wildman–Crippen MR) is 155 cm³/mol. The van der Waals surface area contributed by atoms with Crippen LogP contribution in [0, 0.1) is 0 Å². The van der Waals surface area contributed by atoms with E-state index < -0.39 is 11.6 Å².